The Bertz CT molecular complexity index is 980. The second-order valence-corrected chi connectivity index (χ2v) is 7.98. The van der Waals surface area contributed by atoms with E-state index in [0.29, 0.717) is 18.8 Å². The molecular weight excluding hydrogens is 385 g/mol. The zero-order valence-electron chi connectivity index (χ0n) is 14.1. The van der Waals surface area contributed by atoms with Gasteiger partial charge in [0.25, 0.3) is 5.56 Å². The summed E-state index contributed by atoms with van der Waals surface area (Å²) in [4.78, 5) is 11.9. The molecule has 1 aliphatic rings. The van der Waals surface area contributed by atoms with Gasteiger partial charge in [0.05, 0.1) is 30.2 Å². The fourth-order valence-electron chi connectivity index (χ4n) is 2.76. The van der Waals surface area contributed by atoms with Gasteiger partial charge in [-0.05, 0) is 23.8 Å². The normalized spacial score (nSPS) is 16.4. The van der Waals surface area contributed by atoms with Gasteiger partial charge in [-0.25, -0.2) is 8.42 Å². The SMILES string of the molecule is O=c1ccc(C(F)(F)F)cn1Cc1cccc(S(=O)(=O)N2CCOCC2)c1. The maximum atomic E-state index is 12.9. The number of alkyl halides is 3. The summed E-state index contributed by atoms with van der Waals surface area (Å²) < 4.78 is 71.3. The van der Waals surface area contributed by atoms with E-state index in [1.807, 2.05) is 0 Å². The largest absolute Gasteiger partial charge is 0.417 e. The summed E-state index contributed by atoms with van der Waals surface area (Å²) in [6.45, 7) is 0.908. The Morgan fingerprint density at radius 3 is 2.44 bits per heavy atom. The number of ether oxygens (including phenoxy) is 1. The molecule has 0 amide bonds. The maximum Gasteiger partial charge on any atom is 0.417 e. The summed E-state index contributed by atoms with van der Waals surface area (Å²) in [5, 5.41) is 0. The van der Waals surface area contributed by atoms with Crippen molar-refractivity contribution in [3.05, 3.63) is 64.1 Å². The summed E-state index contributed by atoms with van der Waals surface area (Å²) in [6, 6.07) is 7.42. The van der Waals surface area contributed by atoms with Crippen LogP contribution >= 0.6 is 0 Å². The average Bonchev–Trinajstić information content (AvgIpc) is 2.63. The van der Waals surface area contributed by atoms with Gasteiger partial charge in [-0.1, -0.05) is 12.1 Å². The Hall–Kier alpha value is -2.17. The van der Waals surface area contributed by atoms with Gasteiger partial charge < -0.3 is 9.30 Å². The molecule has 0 saturated carbocycles. The van der Waals surface area contributed by atoms with Crippen molar-refractivity contribution in [1.82, 2.24) is 8.87 Å². The van der Waals surface area contributed by atoms with Crippen molar-refractivity contribution >= 4 is 10.0 Å². The number of nitrogens with zero attached hydrogens (tertiary/aromatic N) is 2. The van der Waals surface area contributed by atoms with Crippen molar-refractivity contribution < 1.29 is 26.3 Å². The maximum absolute atomic E-state index is 12.9. The van der Waals surface area contributed by atoms with Crippen LogP contribution in [-0.4, -0.2) is 43.6 Å². The number of pyridine rings is 1. The Balaban J connectivity index is 1.90. The summed E-state index contributed by atoms with van der Waals surface area (Å²) in [5.74, 6) is 0. The lowest BCUT2D eigenvalue weighted by atomic mass is 10.2. The first kappa shape index (κ1) is 19.6. The van der Waals surface area contributed by atoms with Gasteiger partial charge in [0.1, 0.15) is 0 Å². The van der Waals surface area contributed by atoms with Crippen LogP contribution in [0.25, 0.3) is 0 Å². The van der Waals surface area contributed by atoms with E-state index in [9.17, 15) is 26.4 Å². The van der Waals surface area contributed by atoms with Crippen molar-refractivity contribution in [2.45, 2.75) is 17.6 Å². The first-order valence-corrected chi connectivity index (χ1v) is 9.56. The van der Waals surface area contributed by atoms with E-state index >= 15 is 0 Å². The molecule has 1 saturated heterocycles. The molecule has 27 heavy (non-hydrogen) atoms. The molecular formula is C17H17F3N2O4S. The molecule has 6 nitrogen and oxygen atoms in total. The van der Waals surface area contributed by atoms with Crippen LogP contribution in [-0.2, 0) is 27.5 Å². The monoisotopic (exact) mass is 402 g/mol. The molecule has 1 aromatic heterocycles. The zero-order chi connectivity index (χ0) is 19.7. The van der Waals surface area contributed by atoms with E-state index in [-0.39, 0.29) is 24.5 Å². The van der Waals surface area contributed by atoms with E-state index < -0.39 is 27.3 Å². The van der Waals surface area contributed by atoms with Crippen molar-refractivity contribution in [1.29, 1.82) is 0 Å². The molecule has 146 valence electrons. The Labute approximate surface area is 153 Å². The second-order valence-electron chi connectivity index (χ2n) is 6.05. The topological polar surface area (TPSA) is 68.6 Å². The van der Waals surface area contributed by atoms with E-state index in [4.69, 9.17) is 4.74 Å². The predicted octanol–water partition coefficient (Wildman–Crippen LogP) is 1.94. The number of hydrogen-bond acceptors (Lipinski definition) is 4. The summed E-state index contributed by atoms with van der Waals surface area (Å²) in [6.07, 6.45) is -3.84. The van der Waals surface area contributed by atoms with Crippen LogP contribution in [0.4, 0.5) is 13.2 Å². The van der Waals surface area contributed by atoms with Gasteiger partial charge in [-0.15, -0.1) is 0 Å². The Kier molecular flexibility index (Phi) is 5.41. The first-order chi connectivity index (χ1) is 12.7. The van der Waals surface area contributed by atoms with Gasteiger partial charge in [0, 0.05) is 25.4 Å². The summed E-state index contributed by atoms with van der Waals surface area (Å²) in [7, 11) is -3.73. The highest BCUT2D eigenvalue weighted by molar-refractivity contribution is 7.89. The third-order valence-electron chi connectivity index (χ3n) is 4.17. The molecule has 0 spiro atoms. The average molecular weight is 402 g/mol. The highest BCUT2D eigenvalue weighted by atomic mass is 32.2. The van der Waals surface area contributed by atoms with E-state index in [0.717, 1.165) is 22.9 Å². The molecule has 1 aliphatic heterocycles. The third kappa shape index (κ3) is 4.40. The molecule has 1 aromatic carbocycles. The number of halogens is 3. The summed E-state index contributed by atoms with van der Waals surface area (Å²) >= 11 is 0. The van der Waals surface area contributed by atoms with Gasteiger partial charge in [-0.3, -0.25) is 4.79 Å². The van der Waals surface area contributed by atoms with Gasteiger partial charge in [0.15, 0.2) is 0 Å². The molecule has 0 radical (unpaired) electrons. The minimum Gasteiger partial charge on any atom is -0.379 e. The van der Waals surface area contributed by atoms with Gasteiger partial charge in [0.2, 0.25) is 10.0 Å². The minimum atomic E-state index is -4.57. The molecule has 0 unspecified atom stereocenters. The van der Waals surface area contributed by atoms with Gasteiger partial charge >= 0.3 is 6.18 Å². The molecule has 1 fully saturated rings. The van der Waals surface area contributed by atoms with Crippen LogP contribution < -0.4 is 5.56 Å². The van der Waals surface area contributed by atoms with Crippen LogP contribution in [0.3, 0.4) is 0 Å². The predicted molar refractivity (Wildman–Crippen MR) is 90.8 cm³/mol. The lowest BCUT2D eigenvalue weighted by molar-refractivity contribution is -0.138. The van der Waals surface area contributed by atoms with Crippen molar-refractivity contribution in [2.75, 3.05) is 26.3 Å². The number of morpholine rings is 1. The van der Waals surface area contributed by atoms with Crippen LogP contribution in [0.1, 0.15) is 11.1 Å². The fraction of sp³-hybridized carbons (Fsp3) is 0.353. The highest BCUT2D eigenvalue weighted by Gasteiger charge is 2.31. The zero-order valence-corrected chi connectivity index (χ0v) is 15.0. The fourth-order valence-corrected chi connectivity index (χ4v) is 4.24. The minimum absolute atomic E-state index is 0.0296. The van der Waals surface area contributed by atoms with E-state index in [1.165, 1.54) is 22.5 Å². The molecule has 2 heterocycles. The molecule has 3 rings (SSSR count). The highest BCUT2D eigenvalue weighted by Crippen LogP contribution is 2.28. The van der Waals surface area contributed by atoms with Crippen LogP contribution in [0, 0.1) is 0 Å². The number of hydrogen-bond donors (Lipinski definition) is 0. The number of sulfonamides is 1. The van der Waals surface area contributed by atoms with Gasteiger partial charge in [-0.2, -0.15) is 17.5 Å². The van der Waals surface area contributed by atoms with Crippen molar-refractivity contribution in [3.63, 3.8) is 0 Å². The lowest BCUT2D eigenvalue weighted by Crippen LogP contribution is -2.40. The Morgan fingerprint density at radius 2 is 1.78 bits per heavy atom. The second kappa shape index (κ2) is 7.45. The number of aromatic nitrogens is 1. The Morgan fingerprint density at radius 1 is 1.07 bits per heavy atom. The lowest BCUT2D eigenvalue weighted by Gasteiger charge is -2.26. The standard InChI is InChI=1S/C17H17F3N2O4S/c18-17(19,20)14-4-5-16(23)21(12-14)11-13-2-1-3-15(10-13)27(24,25)22-6-8-26-9-7-22/h1-5,10,12H,6-9,11H2. The number of rotatable bonds is 4. The molecule has 0 N–H and O–H groups in total. The molecule has 10 heteroatoms. The van der Waals surface area contributed by atoms with Crippen molar-refractivity contribution in [3.8, 4) is 0 Å². The smallest absolute Gasteiger partial charge is 0.379 e. The summed E-state index contributed by atoms with van der Waals surface area (Å²) in [5.41, 5.74) is -1.14. The third-order valence-corrected chi connectivity index (χ3v) is 6.06. The molecule has 0 atom stereocenters. The molecule has 2 aromatic rings. The van der Waals surface area contributed by atoms with Crippen LogP contribution in [0.15, 0.2) is 52.3 Å². The van der Waals surface area contributed by atoms with Crippen LogP contribution in [0.5, 0.6) is 0 Å². The van der Waals surface area contributed by atoms with E-state index in [2.05, 4.69) is 0 Å². The van der Waals surface area contributed by atoms with Crippen molar-refractivity contribution in [2.24, 2.45) is 0 Å². The first-order valence-electron chi connectivity index (χ1n) is 8.12. The quantitative estimate of drug-likeness (QED) is 0.784. The van der Waals surface area contributed by atoms with Crippen LogP contribution in [0.2, 0.25) is 0 Å². The molecule has 0 aliphatic carbocycles. The number of benzene rings is 1. The van der Waals surface area contributed by atoms with E-state index in [1.54, 1.807) is 6.07 Å². The molecule has 0 bridgehead atoms.